The summed E-state index contributed by atoms with van der Waals surface area (Å²) in [6.07, 6.45) is 7.24. The lowest BCUT2D eigenvalue weighted by Gasteiger charge is -2.40. The fourth-order valence-corrected chi connectivity index (χ4v) is 5.08. The van der Waals surface area contributed by atoms with Crippen molar-refractivity contribution in [2.45, 2.75) is 62.2 Å². The number of rotatable bonds is 9. The van der Waals surface area contributed by atoms with Crippen molar-refractivity contribution < 1.29 is 17.9 Å². The first-order chi connectivity index (χ1) is 16.8. The Labute approximate surface area is 206 Å². The van der Waals surface area contributed by atoms with Gasteiger partial charge in [-0.2, -0.15) is 5.10 Å². The van der Waals surface area contributed by atoms with Crippen molar-refractivity contribution >= 4 is 27.2 Å². The van der Waals surface area contributed by atoms with Crippen LogP contribution in [0.4, 0.5) is 11.5 Å². The van der Waals surface area contributed by atoms with Crippen molar-refractivity contribution in [2.75, 3.05) is 11.6 Å². The lowest BCUT2D eigenvalue weighted by atomic mass is 9.78. The monoisotopic (exact) mass is 496 g/mol. The summed E-state index contributed by atoms with van der Waals surface area (Å²) >= 11 is 0. The summed E-state index contributed by atoms with van der Waals surface area (Å²) < 4.78 is 29.5. The van der Waals surface area contributed by atoms with Gasteiger partial charge < -0.3 is 15.4 Å². The first kappa shape index (κ1) is 24.9. The van der Waals surface area contributed by atoms with Crippen LogP contribution in [0.15, 0.2) is 65.7 Å². The molecule has 3 N–H and O–H groups in total. The van der Waals surface area contributed by atoms with E-state index in [4.69, 9.17) is 4.74 Å². The third-order valence-electron chi connectivity index (χ3n) is 6.70. The van der Waals surface area contributed by atoms with Gasteiger partial charge in [0.1, 0.15) is 5.56 Å². The van der Waals surface area contributed by atoms with Gasteiger partial charge in [0.25, 0.3) is 5.91 Å². The maximum absolute atomic E-state index is 13.2. The summed E-state index contributed by atoms with van der Waals surface area (Å²) in [5, 5.41) is 13.3. The largest absolute Gasteiger partial charge is 0.374 e. The van der Waals surface area contributed by atoms with Gasteiger partial charge in [-0.05, 0) is 61.9 Å². The number of carbonyl (C=O) groups is 1. The van der Waals surface area contributed by atoms with Gasteiger partial charge in [-0.25, -0.2) is 8.42 Å². The average molecular weight is 497 g/mol. The molecule has 1 heterocycles. The van der Waals surface area contributed by atoms with Gasteiger partial charge in [0.15, 0.2) is 15.7 Å². The minimum Gasteiger partial charge on any atom is -0.374 e. The molecule has 0 atom stereocenters. The van der Waals surface area contributed by atoms with E-state index in [1.54, 1.807) is 18.3 Å². The number of H-pyrrole nitrogens is 1. The number of aromatic nitrogens is 2. The topological polar surface area (TPSA) is 113 Å². The molecule has 4 rings (SSSR count). The molecule has 1 aromatic heterocycles. The van der Waals surface area contributed by atoms with E-state index in [-0.39, 0.29) is 22.4 Å². The number of aromatic amines is 1. The van der Waals surface area contributed by atoms with Crippen molar-refractivity contribution in [3.05, 3.63) is 71.9 Å². The van der Waals surface area contributed by atoms with Crippen LogP contribution in [0.3, 0.4) is 0 Å². The van der Waals surface area contributed by atoms with Gasteiger partial charge >= 0.3 is 0 Å². The Morgan fingerprint density at radius 1 is 1.11 bits per heavy atom. The average Bonchev–Trinajstić information content (AvgIpc) is 3.32. The molecule has 1 aliphatic rings. The van der Waals surface area contributed by atoms with Gasteiger partial charge in [0.05, 0.1) is 17.6 Å². The summed E-state index contributed by atoms with van der Waals surface area (Å²) in [5.41, 5.74) is 1.93. The lowest BCUT2D eigenvalue weighted by molar-refractivity contribution is -0.00280. The van der Waals surface area contributed by atoms with E-state index >= 15 is 0 Å². The molecule has 0 aliphatic heterocycles. The van der Waals surface area contributed by atoms with Crippen LogP contribution in [-0.2, 0) is 21.2 Å². The quantitative estimate of drug-likeness (QED) is 0.399. The Morgan fingerprint density at radius 3 is 2.43 bits per heavy atom. The zero-order chi connectivity index (χ0) is 24.9. The number of nitrogens with one attached hydrogen (secondary N) is 3. The molecule has 0 radical (unpaired) electrons. The molecule has 1 saturated carbocycles. The van der Waals surface area contributed by atoms with E-state index < -0.39 is 9.84 Å². The first-order valence-electron chi connectivity index (χ1n) is 11.9. The number of hydrogen-bond acceptors (Lipinski definition) is 6. The summed E-state index contributed by atoms with van der Waals surface area (Å²) in [5.74, 6) is 0.195. The molecule has 9 heteroatoms. The Bertz CT molecular complexity index is 1230. The number of sulfone groups is 1. The molecule has 0 saturated heterocycles. The minimum absolute atomic E-state index is 0.188. The molecule has 0 unspecified atom stereocenters. The zero-order valence-corrected chi connectivity index (χ0v) is 20.9. The van der Waals surface area contributed by atoms with Crippen LogP contribution in [0, 0.1) is 0 Å². The SMILES string of the molecule is CCC1(NC(=O)c2c[nH]nc2Nc2ccc(S(C)(=O)=O)cc2)CCC(OCc2ccccc2)CC1. The Balaban J connectivity index is 1.35. The van der Waals surface area contributed by atoms with Crippen LogP contribution in [0.5, 0.6) is 0 Å². The van der Waals surface area contributed by atoms with Crippen LogP contribution in [-0.4, -0.2) is 42.4 Å². The number of ether oxygens (including phenoxy) is 1. The van der Waals surface area contributed by atoms with Crippen molar-refractivity contribution in [3.8, 4) is 0 Å². The van der Waals surface area contributed by atoms with Crippen LogP contribution >= 0.6 is 0 Å². The molecule has 1 aliphatic carbocycles. The predicted molar refractivity (Wildman–Crippen MR) is 135 cm³/mol. The van der Waals surface area contributed by atoms with Crippen LogP contribution in [0.25, 0.3) is 0 Å². The molecule has 8 nitrogen and oxygen atoms in total. The number of benzene rings is 2. The molecule has 1 fully saturated rings. The highest BCUT2D eigenvalue weighted by atomic mass is 32.2. The van der Waals surface area contributed by atoms with Crippen molar-refractivity contribution in [2.24, 2.45) is 0 Å². The molecule has 35 heavy (non-hydrogen) atoms. The van der Waals surface area contributed by atoms with Crippen molar-refractivity contribution in [1.82, 2.24) is 15.5 Å². The highest BCUT2D eigenvalue weighted by Crippen LogP contribution is 2.33. The van der Waals surface area contributed by atoms with E-state index in [1.807, 2.05) is 18.2 Å². The number of amides is 1. The van der Waals surface area contributed by atoms with E-state index in [0.717, 1.165) is 38.4 Å². The lowest BCUT2D eigenvalue weighted by Crippen LogP contribution is -2.51. The standard InChI is InChI=1S/C26H32N4O4S/c1-3-26(15-13-21(14-16-26)34-18-19-7-5-4-6-8-19)29-25(31)23-17-27-30-24(23)28-20-9-11-22(12-10-20)35(2,32)33/h4-12,17,21H,3,13-16,18H2,1-2H3,(H,29,31)(H2,27,28,30). The van der Waals surface area contributed by atoms with E-state index in [2.05, 4.69) is 39.9 Å². The summed E-state index contributed by atoms with van der Waals surface area (Å²) in [6, 6.07) is 16.5. The van der Waals surface area contributed by atoms with Crippen molar-refractivity contribution in [1.29, 1.82) is 0 Å². The number of hydrogen-bond donors (Lipinski definition) is 3. The number of nitrogens with zero attached hydrogens (tertiary/aromatic N) is 1. The minimum atomic E-state index is -3.27. The second kappa shape index (κ2) is 10.6. The number of carbonyl (C=O) groups excluding carboxylic acids is 1. The number of anilines is 2. The van der Waals surface area contributed by atoms with Gasteiger partial charge in [-0.1, -0.05) is 37.3 Å². The van der Waals surface area contributed by atoms with Crippen LogP contribution in [0.2, 0.25) is 0 Å². The van der Waals surface area contributed by atoms with E-state index in [1.165, 1.54) is 17.7 Å². The van der Waals surface area contributed by atoms with Crippen LogP contribution < -0.4 is 10.6 Å². The predicted octanol–water partition coefficient (Wildman–Crippen LogP) is 4.59. The zero-order valence-electron chi connectivity index (χ0n) is 20.1. The molecule has 3 aromatic rings. The Hall–Kier alpha value is -3.17. The normalized spacial score (nSPS) is 20.3. The smallest absolute Gasteiger partial charge is 0.257 e. The van der Waals surface area contributed by atoms with Crippen molar-refractivity contribution in [3.63, 3.8) is 0 Å². The summed E-state index contributed by atoms with van der Waals surface area (Å²) in [7, 11) is -3.27. The second-order valence-electron chi connectivity index (χ2n) is 9.15. The molecule has 186 valence electrons. The molecule has 1 amide bonds. The molecule has 0 bridgehead atoms. The van der Waals surface area contributed by atoms with Gasteiger partial charge in [0, 0.05) is 23.7 Å². The maximum Gasteiger partial charge on any atom is 0.257 e. The highest BCUT2D eigenvalue weighted by Gasteiger charge is 2.36. The highest BCUT2D eigenvalue weighted by molar-refractivity contribution is 7.90. The Kier molecular flexibility index (Phi) is 7.57. The Morgan fingerprint density at radius 2 is 1.80 bits per heavy atom. The molecular weight excluding hydrogens is 464 g/mol. The second-order valence-corrected chi connectivity index (χ2v) is 11.2. The van der Waals surface area contributed by atoms with Gasteiger partial charge in [-0.15, -0.1) is 0 Å². The third-order valence-corrected chi connectivity index (χ3v) is 7.83. The third kappa shape index (κ3) is 6.29. The molecule has 2 aromatic carbocycles. The molecule has 0 spiro atoms. The maximum atomic E-state index is 13.2. The van der Waals surface area contributed by atoms with E-state index in [0.29, 0.717) is 23.7 Å². The van der Waals surface area contributed by atoms with Crippen LogP contribution in [0.1, 0.15) is 54.9 Å². The fourth-order valence-electron chi connectivity index (χ4n) is 4.45. The summed E-state index contributed by atoms with van der Waals surface area (Å²) in [4.78, 5) is 13.4. The van der Waals surface area contributed by atoms with E-state index in [9.17, 15) is 13.2 Å². The molecular formula is C26H32N4O4S. The summed E-state index contributed by atoms with van der Waals surface area (Å²) in [6.45, 7) is 2.70. The first-order valence-corrected chi connectivity index (χ1v) is 13.8. The van der Waals surface area contributed by atoms with Gasteiger partial charge in [0.2, 0.25) is 0 Å². The fraction of sp³-hybridized carbons (Fsp3) is 0.385. The van der Waals surface area contributed by atoms with Gasteiger partial charge in [-0.3, -0.25) is 9.89 Å².